The van der Waals surface area contributed by atoms with Crippen molar-refractivity contribution in [3.8, 4) is 0 Å². The first kappa shape index (κ1) is 14.3. The highest BCUT2D eigenvalue weighted by Crippen LogP contribution is 2.23. The van der Waals surface area contributed by atoms with Crippen molar-refractivity contribution in [2.45, 2.75) is 57.7 Å². The summed E-state index contributed by atoms with van der Waals surface area (Å²) in [6.45, 7) is 6.25. The van der Waals surface area contributed by atoms with Crippen LogP contribution in [0.3, 0.4) is 0 Å². The Morgan fingerprint density at radius 1 is 1.59 bits per heavy atom. The van der Waals surface area contributed by atoms with Crippen LogP contribution >= 0.6 is 0 Å². The van der Waals surface area contributed by atoms with Crippen molar-refractivity contribution in [3.63, 3.8) is 0 Å². The molecule has 1 heterocycles. The quantitative estimate of drug-likeness (QED) is 0.779. The Morgan fingerprint density at radius 2 is 2.24 bits per heavy atom. The van der Waals surface area contributed by atoms with E-state index < -0.39 is 5.60 Å². The van der Waals surface area contributed by atoms with Gasteiger partial charge >= 0.3 is 6.09 Å². The van der Waals surface area contributed by atoms with Gasteiger partial charge in [-0.3, -0.25) is 0 Å². The second-order valence-electron chi connectivity index (χ2n) is 5.65. The summed E-state index contributed by atoms with van der Waals surface area (Å²) in [5.41, 5.74) is 5.24. The molecular weight excluding hydrogens is 220 g/mol. The van der Waals surface area contributed by atoms with E-state index in [0.717, 1.165) is 19.4 Å². The zero-order valence-corrected chi connectivity index (χ0v) is 11.0. The largest absolute Gasteiger partial charge is 0.444 e. The van der Waals surface area contributed by atoms with E-state index in [1.165, 1.54) is 0 Å². The predicted molar refractivity (Wildman–Crippen MR) is 65.6 cm³/mol. The molecule has 1 rings (SSSR count). The Morgan fingerprint density at radius 3 is 2.76 bits per heavy atom. The molecule has 0 aromatic carbocycles. The monoisotopic (exact) mass is 244 g/mol. The molecule has 0 saturated carbocycles. The van der Waals surface area contributed by atoms with E-state index in [1.54, 1.807) is 4.90 Å². The number of likely N-dealkylation sites (tertiary alicyclic amines) is 1. The third kappa shape index (κ3) is 4.52. The van der Waals surface area contributed by atoms with E-state index in [4.69, 9.17) is 15.6 Å². The molecule has 1 saturated heterocycles. The summed E-state index contributed by atoms with van der Waals surface area (Å²) in [6, 6.07) is -0.157. The summed E-state index contributed by atoms with van der Waals surface area (Å²) in [5, 5.41) is 8.95. The van der Waals surface area contributed by atoms with Crippen molar-refractivity contribution >= 4 is 6.09 Å². The third-order valence-electron chi connectivity index (χ3n) is 2.81. The highest BCUT2D eigenvalue weighted by Gasteiger charge is 2.32. The van der Waals surface area contributed by atoms with Crippen molar-refractivity contribution in [2.24, 2.45) is 5.73 Å². The summed E-state index contributed by atoms with van der Waals surface area (Å²) >= 11 is 0. The minimum Gasteiger partial charge on any atom is -0.444 e. The standard InChI is InChI=1S/C12H24N2O3/c1-12(2,3)17-11(16)14-6-4-5-10(14)7-9(13)8-15/h9-10,15H,4-8,13H2,1-3H3/t9-,10+/m1/s1. The van der Waals surface area contributed by atoms with Crippen molar-refractivity contribution < 1.29 is 14.6 Å². The molecule has 1 fully saturated rings. The van der Waals surface area contributed by atoms with Gasteiger partial charge in [0.25, 0.3) is 0 Å². The number of carbonyl (C=O) groups excluding carboxylic acids is 1. The predicted octanol–water partition coefficient (Wildman–Crippen LogP) is 1.10. The lowest BCUT2D eigenvalue weighted by molar-refractivity contribution is 0.0211. The molecule has 0 spiro atoms. The Kier molecular flexibility index (Phi) is 4.77. The zero-order chi connectivity index (χ0) is 13.1. The molecule has 0 aromatic rings. The molecule has 3 N–H and O–H groups in total. The molecule has 1 amide bonds. The number of hydrogen-bond acceptors (Lipinski definition) is 4. The van der Waals surface area contributed by atoms with Crippen LogP contribution in [0, 0.1) is 0 Å². The van der Waals surface area contributed by atoms with Gasteiger partial charge in [0, 0.05) is 18.6 Å². The molecular formula is C12H24N2O3. The number of nitrogens with two attached hydrogens (primary N) is 1. The van der Waals surface area contributed by atoms with Crippen molar-refractivity contribution in [1.82, 2.24) is 4.90 Å². The molecule has 17 heavy (non-hydrogen) atoms. The SMILES string of the molecule is CC(C)(C)OC(=O)N1CCC[C@H]1C[C@@H](N)CO. The van der Waals surface area contributed by atoms with Crippen molar-refractivity contribution in [3.05, 3.63) is 0 Å². The maximum Gasteiger partial charge on any atom is 0.410 e. The smallest absolute Gasteiger partial charge is 0.410 e. The number of ether oxygens (including phenoxy) is 1. The number of carbonyl (C=O) groups is 1. The van der Waals surface area contributed by atoms with Crippen molar-refractivity contribution in [1.29, 1.82) is 0 Å². The fraction of sp³-hybridized carbons (Fsp3) is 0.917. The summed E-state index contributed by atoms with van der Waals surface area (Å²) in [6.07, 6.45) is 2.27. The van der Waals surface area contributed by atoms with Gasteiger partial charge in [-0.1, -0.05) is 0 Å². The van der Waals surface area contributed by atoms with Gasteiger partial charge in [0.1, 0.15) is 5.60 Å². The normalized spacial score (nSPS) is 22.6. The van der Waals surface area contributed by atoms with Gasteiger partial charge in [0.2, 0.25) is 0 Å². The Bertz CT molecular complexity index is 263. The summed E-state index contributed by atoms with van der Waals surface area (Å²) in [5.74, 6) is 0. The minimum absolute atomic E-state index is 0.0430. The number of amides is 1. The molecule has 0 aromatic heterocycles. The lowest BCUT2D eigenvalue weighted by atomic mass is 10.1. The molecule has 5 nitrogen and oxygen atoms in total. The van der Waals surface area contributed by atoms with Crippen LogP contribution in [0.15, 0.2) is 0 Å². The van der Waals surface area contributed by atoms with Crippen LogP contribution in [0.4, 0.5) is 4.79 Å². The minimum atomic E-state index is -0.469. The summed E-state index contributed by atoms with van der Waals surface area (Å²) in [7, 11) is 0. The van der Waals surface area contributed by atoms with Gasteiger partial charge in [-0.15, -0.1) is 0 Å². The number of aliphatic hydroxyl groups is 1. The highest BCUT2D eigenvalue weighted by atomic mass is 16.6. The van der Waals surface area contributed by atoms with E-state index >= 15 is 0 Å². The maximum atomic E-state index is 11.9. The fourth-order valence-corrected chi connectivity index (χ4v) is 2.07. The van der Waals surface area contributed by atoms with Crippen LogP contribution in [0.1, 0.15) is 40.0 Å². The van der Waals surface area contributed by atoms with Gasteiger partial charge in [-0.2, -0.15) is 0 Å². The number of nitrogens with zero attached hydrogens (tertiary/aromatic N) is 1. The van der Waals surface area contributed by atoms with Gasteiger partial charge in [-0.05, 0) is 40.0 Å². The second kappa shape index (κ2) is 5.69. The van der Waals surface area contributed by atoms with E-state index in [1.807, 2.05) is 20.8 Å². The highest BCUT2D eigenvalue weighted by molar-refractivity contribution is 5.68. The maximum absolute atomic E-state index is 11.9. The molecule has 2 atom stereocenters. The number of aliphatic hydroxyl groups excluding tert-OH is 1. The van der Waals surface area contributed by atoms with Crippen LogP contribution in [-0.2, 0) is 4.74 Å². The summed E-state index contributed by atoms with van der Waals surface area (Å²) < 4.78 is 5.35. The zero-order valence-electron chi connectivity index (χ0n) is 11.0. The molecule has 1 aliphatic rings. The molecule has 5 heteroatoms. The first-order chi connectivity index (χ1) is 7.83. The fourth-order valence-electron chi connectivity index (χ4n) is 2.07. The van der Waals surface area contributed by atoms with E-state index in [9.17, 15) is 4.79 Å². The first-order valence-corrected chi connectivity index (χ1v) is 6.19. The Labute approximate surface area is 103 Å². The van der Waals surface area contributed by atoms with Crippen molar-refractivity contribution in [2.75, 3.05) is 13.2 Å². The van der Waals surface area contributed by atoms with Crippen LogP contribution in [0.25, 0.3) is 0 Å². The molecule has 0 radical (unpaired) electrons. The number of rotatable bonds is 3. The van der Waals surface area contributed by atoms with Gasteiger partial charge in [-0.25, -0.2) is 4.79 Å². The van der Waals surface area contributed by atoms with E-state index in [0.29, 0.717) is 6.42 Å². The summed E-state index contributed by atoms with van der Waals surface area (Å²) in [4.78, 5) is 13.7. The number of hydrogen-bond donors (Lipinski definition) is 2. The van der Waals surface area contributed by atoms with Crippen LogP contribution in [-0.4, -0.2) is 46.9 Å². The van der Waals surface area contributed by atoms with Gasteiger partial charge in [0.05, 0.1) is 6.61 Å². The molecule has 1 aliphatic heterocycles. The van der Waals surface area contributed by atoms with E-state index in [-0.39, 0.29) is 24.8 Å². The van der Waals surface area contributed by atoms with Crippen LogP contribution < -0.4 is 5.73 Å². The van der Waals surface area contributed by atoms with Gasteiger partial charge < -0.3 is 20.5 Å². The Hall–Kier alpha value is -0.810. The molecule has 0 bridgehead atoms. The first-order valence-electron chi connectivity index (χ1n) is 6.19. The van der Waals surface area contributed by atoms with Crippen LogP contribution in [0.2, 0.25) is 0 Å². The van der Waals surface area contributed by atoms with Crippen LogP contribution in [0.5, 0.6) is 0 Å². The van der Waals surface area contributed by atoms with E-state index in [2.05, 4.69) is 0 Å². The second-order valence-corrected chi connectivity index (χ2v) is 5.65. The van der Waals surface area contributed by atoms with Gasteiger partial charge in [0.15, 0.2) is 0 Å². The molecule has 0 unspecified atom stereocenters. The average Bonchev–Trinajstić information content (AvgIpc) is 2.63. The molecule has 0 aliphatic carbocycles. The topological polar surface area (TPSA) is 75.8 Å². The Balaban J connectivity index is 2.54. The third-order valence-corrected chi connectivity index (χ3v) is 2.81. The molecule has 100 valence electrons. The average molecular weight is 244 g/mol. The lowest BCUT2D eigenvalue weighted by Gasteiger charge is -2.29. The lowest BCUT2D eigenvalue weighted by Crippen LogP contribution is -2.42.